The molecule has 100 valence electrons. The van der Waals surface area contributed by atoms with Crippen LogP contribution in [0.4, 0.5) is 14.9 Å². The molecule has 0 fully saturated rings. The first-order chi connectivity index (χ1) is 8.49. The van der Waals surface area contributed by atoms with Gasteiger partial charge in [0.25, 0.3) is 0 Å². The van der Waals surface area contributed by atoms with Crippen molar-refractivity contribution in [2.45, 2.75) is 32.2 Å². The number of benzene rings is 1. The molecule has 0 aliphatic rings. The molecule has 18 heavy (non-hydrogen) atoms. The number of urea groups is 1. The first-order valence-corrected chi connectivity index (χ1v) is 6.04. The van der Waals surface area contributed by atoms with E-state index in [0.29, 0.717) is 18.7 Å². The molecule has 0 saturated carbocycles. The summed E-state index contributed by atoms with van der Waals surface area (Å²) < 4.78 is 13.0. The first kappa shape index (κ1) is 14.4. The van der Waals surface area contributed by atoms with Gasteiger partial charge in [-0.2, -0.15) is 0 Å². The monoisotopic (exact) mass is 253 g/mol. The Labute approximate surface area is 107 Å². The maximum Gasteiger partial charge on any atom is 0.319 e. The fourth-order valence-electron chi connectivity index (χ4n) is 1.65. The lowest BCUT2D eigenvalue weighted by Gasteiger charge is -2.29. The van der Waals surface area contributed by atoms with E-state index in [1.54, 1.807) is 12.1 Å². The lowest BCUT2D eigenvalue weighted by molar-refractivity contribution is 0.235. The van der Waals surface area contributed by atoms with E-state index in [9.17, 15) is 9.18 Å². The summed E-state index contributed by atoms with van der Waals surface area (Å²) in [6, 6.07) is 5.43. The molecule has 5 heteroatoms. The highest BCUT2D eigenvalue weighted by Gasteiger charge is 2.23. The van der Waals surface area contributed by atoms with E-state index in [-0.39, 0.29) is 17.4 Å². The summed E-state index contributed by atoms with van der Waals surface area (Å²) in [5.41, 5.74) is 5.61. The first-order valence-electron chi connectivity index (χ1n) is 6.04. The summed E-state index contributed by atoms with van der Waals surface area (Å²) in [6.45, 7) is 4.42. The fourth-order valence-corrected chi connectivity index (χ4v) is 1.65. The van der Waals surface area contributed by atoms with Crippen LogP contribution in [0.2, 0.25) is 0 Å². The molecular weight excluding hydrogens is 233 g/mol. The number of anilines is 1. The molecule has 4 N–H and O–H groups in total. The molecule has 1 rings (SSSR count). The highest BCUT2D eigenvalue weighted by molar-refractivity contribution is 5.89. The second kappa shape index (κ2) is 6.35. The van der Waals surface area contributed by atoms with Crippen molar-refractivity contribution in [2.75, 3.05) is 11.9 Å². The lowest BCUT2D eigenvalue weighted by Crippen LogP contribution is -2.48. The zero-order valence-corrected chi connectivity index (χ0v) is 10.8. The van der Waals surface area contributed by atoms with Crippen LogP contribution in [-0.4, -0.2) is 18.1 Å². The maximum absolute atomic E-state index is 13.0. The number of halogens is 1. The number of amides is 2. The van der Waals surface area contributed by atoms with Crippen molar-refractivity contribution in [1.29, 1.82) is 0 Å². The molecule has 1 aromatic carbocycles. The van der Waals surface area contributed by atoms with Gasteiger partial charge in [0.05, 0.1) is 0 Å². The molecule has 4 nitrogen and oxygen atoms in total. The van der Waals surface area contributed by atoms with Crippen LogP contribution in [0.15, 0.2) is 24.3 Å². The Morgan fingerprint density at radius 2 is 2.22 bits per heavy atom. The predicted octanol–water partition coefficient (Wildman–Crippen LogP) is 2.46. The fraction of sp³-hybridized carbons (Fsp3) is 0.462. The van der Waals surface area contributed by atoms with Crippen molar-refractivity contribution in [2.24, 2.45) is 5.73 Å². The van der Waals surface area contributed by atoms with Crippen molar-refractivity contribution in [3.05, 3.63) is 30.1 Å². The van der Waals surface area contributed by atoms with Crippen LogP contribution in [-0.2, 0) is 0 Å². The average molecular weight is 253 g/mol. The Morgan fingerprint density at radius 3 is 2.78 bits per heavy atom. The summed E-state index contributed by atoms with van der Waals surface area (Å²) in [7, 11) is 0. The second-order valence-electron chi connectivity index (χ2n) is 4.54. The van der Waals surface area contributed by atoms with E-state index in [0.717, 1.165) is 6.42 Å². The maximum atomic E-state index is 13.0. The molecule has 0 spiro atoms. The summed E-state index contributed by atoms with van der Waals surface area (Å²) in [5.74, 6) is -0.381. The lowest BCUT2D eigenvalue weighted by atomic mass is 9.95. The van der Waals surface area contributed by atoms with Gasteiger partial charge < -0.3 is 16.4 Å². The quantitative estimate of drug-likeness (QED) is 0.754. The van der Waals surface area contributed by atoms with Crippen molar-refractivity contribution >= 4 is 11.7 Å². The highest BCUT2D eigenvalue weighted by atomic mass is 19.1. The Bertz CT molecular complexity index is 411. The van der Waals surface area contributed by atoms with Gasteiger partial charge in [0.1, 0.15) is 5.82 Å². The van der Waals surface area contributed by atoms with Crippen LogP contribution in [0.25, 0.3) is 0 Å². The molecule has 2 amide bonds. The molecular formula is C13H20FN3O. The minimum atomic E-state index is -0.381. The largest absolute Gasteiger partial charge is 0.333 e. The molecule has 1 unspecified atom stereocenters. The van der Waals surface area contributed by atoms with Gasteiger partial charge in [0.15, 0.2) is 0 Å². The topological polar surface area (TPSA) is 67.1 Å². The summed E-state index contributed by atoms with van der Waals surface area (Å²) in [5, 5.41) is 5.46. The van der Waals surface area contributed by atoms with Gasteiger partial charge in [-0.05, 0) is 44.5 Å². The van der Waals surface area contributed by atoms with Gasteiger partial charge >= 0.3 is 6.03 Å². The smallest absolute Gasteiger partial charge is 0.319 e. The minimum absolute atomic E-state index is 0.341. The van der Waals surface area contributed by atoms with Gasteiger partial charge in [-0.3, -0.25) is 0 Å². The number of hydrogen-bond acceptors (Lipinski definition) is 2. The molecule has 0 aromatic heterocycles. The number of nitrogens with two attached hydrogens (primary N) is 1. The number of carbonyl (C=O) groups is 1. The zero-order chi connectivity index (χ0) is 13.6. The molecule has 1 aromatic rings. The van der Waals surface area contributed by atoms with Gasteiger partial charge in [0, 0.05) is 11.2 Å². The van der Waals surface area contributed by atoms with Crippen LogP contribution in [0.1, 0.15) is 26.7 Å². The Morgan fingerprint density at radius 1 is 1.50 bits per heavy atom. The third-order valence-electron chi connectivity index (χ3n) is 2.97. The Kier molecular flexibility index (Phi) is 5.09. The van der Waals surface area contributed by atoms with E-state index in [4.69, 9.17) is 5.73 Å². The Balaban J connectivity index is 2.61. The number of rotatable bonds is 5. The molecule has 0 saturated heterocycles. The van der Waals surface area contributed by atoms with E-state index < -0.39 is 0 Å². The summed E-state index contributed by atoms with van der Waals surface area (Å²) in [4.78, 5) is 11.8. The molecule has 0 aliphatic heterocycles. The zero-order valence-electron chi connectivity index (χ0n) is 10.8. The van der Waals surface area contributed by atoms with Gasteiger partial charge in [-0.15, -0.1) is 0 Å². The van der Waals surface area contributed by atoms with Crippen molar-refractivity contribution in [3.63, 3.8) is 0 Å². The van der Waals surface area contributed by atoms with Gasteiger partial charge in [-0.25, -0.2) is 9.18 Å². The van der Waals surface area contributed by atoms with Crippen LogP contribution in [0, 0.1) is 5.82 Å². The second-order valence-corrected chi connectivity index (χ2v) is 4.54. The third kappa shape index (κ3) is 4.33. The van der Waals surface area contributed by atoms with E-state index in [1.807, 2.05) is 13.8 Å². The molecule has 0 radical (unpaired) electrons. The SMILES string of the molecule is CCC(C)(CCN)NC(=O)Nc1cccc(F)c1. The molecule has 0 heterocycles. The van der Waals surface area contributed by atoms with Crippen molar-refractivity contribution in [1.82, 2.24) is 5.32 Å². The average Bonchev–Trinajstić information content (AvgIpc) is 2.29. The van der Waals surface area contributed by atoms with E-state index in [2.05, 4.69) is 10.6 Å². The minimum Gasteiger partial charge on any atom is -0.333 e. The van der Waals surface area contributed by atoms with Crippen LogP contribution >= 0.6 is 0 Å². The van der Waals surface area contributed by atoms with Crippen LogP contribution in [0.5, 0.6) is 0 Å². The van der Waals surface area contributed by atoms with Crippen LogP contribution < -0.4 is 16.4 Å². The number of nitrogens with one attached hydrogen (secondary N) is 2. The van der Waals surface area contributed by atoms with Crippen LogP contribution in [0.3, 0.4) is 0 Å². The predicted molar refractivity (Wildman–Crippen MR) is 70.9 cm³/mol. The van der Waals surface area contributed by atoms with Gasteiger partial charge in [0.2, 0.25) is 0 Å². The summed E-state index contributed by atoms with van der Waals surface area (Å²) in [6.07, 6.45) is 1.47. The van der Waals surface area contributed by atoms with E-state index in [1.165, 1.54) is 12.1 Å². The highest BCUT2D eigenvalue weighted by Crippen LogP contribution is 2.14. The normalized spacial score (nSPS) is 13.8. The third-order valence-corrected chi connectivity index (χ3v) is 2.97. The Hall–Kier alpha value is -1.62. The standard InChI is InChI=1S/C13H20FN3O/c1-3-13(2,7-8-15)17-12(18)16-11-6-4-5-10(14)9-11/h4-6,9H,3,7-8,15H2,1-2H3,(H2,16,17,18). The molecule has 1 atom stereocenters. The number of carbonyl (C=O) groups excluding carboxylic acids is 1. The summed E-state index contributed by atoms with van der Waals surface area (Å²) >= 11 is 0. The van der Waals surface area contributed by atoms with Gasteiger partial charge in [-0.1, -0.05) is 13.0 Å². The van der Waals surface area contributed by atoms with Crippen molar-refractivity contribution in [3.8, 4) is 0 Å². The molecule has 0 aliphatic carbocycles. The van der Waals surface area contributed by atoms with E-state index >= 15 is 0 Å². The number of hydrogen-bond donors (Lipinski definition) is 3. The van der Waals surface area contributed by atoms with Crippen molar-refractivity contribution < 1.29 is 9.18 Å². The molecule has 0 bridgehead atoms.